The molecule has 7 heteroatoms. The van der Waals surface area contributed by atoms with Crippen molar-refractivity contribution in [1.29, 1.82) is 0 Å². The maximum absolute atomic E-state index is 11.4. The van der Waals surface area contributed by atoms with Crippen LogP contribution in [0.3, 0.4) is 0 Å². The molecule has 116 valence electrons. The molecule has 2 aromatic heterocycles. The molecule has 6 nitrogen and oxygen atoms in total. The van der Waals surface area contributed by atoms with Crippen molar-refractivity contribution in [2.45, 2.75) is 20.5 Å². The molecule has 0 radical (unpaired) electrons. The molecule has 0 saturated carbocycles. The van der Waals surface area contributed by atoms with E-state index in [0.29, 0.717) is 22.5 Å². The van der Waals surface area contributed by atoms with Gasteiger partial charge in [-0.2, -0.15) is 0 Å². The molecule has 1 N–H and O–H groups in total. The zero-order valence-electron chi connectivity index (χ0n) is 12.4. The number of aryl methyl sites for hydroxylation is 2. The second-order valence-electron chi connectivity index (χ2n) is 4.92. The third-order valence-electron chi connectivity index (χ3n) is 3.48. The predicted molar refractivity (Wildman–Crippen MR) is 85.4 cm³/mol. The largest absolute Gasteiger partial charge is 0.499 e. The van der Waals surface area contributed by atoms with Gasteiger partial charge in [-0.05, 0) is 26.0 Å². The van der Waals surface area contributed by atoms with Gasteiger partial charge in [0.2, 0.25) is 5.69 Å². The van der Waals surface area contributed by atoms with Crippen molar-refractivity contribution in [2.75, 3.05) is 0 Å². The Morgan fingerprint density at radius 1 is 1.48 bits per heavy atom. The average Bonchev–Trinajstić information content (AvgIpc) is 3.05. The van der Waals surface area contributed by atoms with Gasteiger partial charge in [0, 0.05) is 5.39 Å². The van der Waals surface area contributed by atoms with Gasteiger partial charge in [0.1, 0.15) is 29.3 Å². The Kier molecular flexibility index (Phi) is 3.76. The van der Waals surface area contributed by atoms with E-state index in [1.807, 2.05) is 6.92 Å². The van der Waals surface area contributed by atoms with E-state index in [0.717, 1.165) is 10.6 Å². The average molecular weight is 328 g/mol. The SMILES string of the molecule is [C-]#[N+]c1cc2oc(C)c(C(=O)O)c2cc1OCc1scnc1C. The molecule has 0 bridgehead atoms. The summed E-state index contributed by atoms with van der Waals surface area (Å²) in [5.74, 6) is -0.427. The molecule has 0 unspecified atom stereocenters. The first-order valence-electron chi connectivity index (χ1n) is 6.71. The molecule has 3 aromatic rings. The number of hydrogen-bond donors (Lipinski definition) is 1. The van der Waals surface area contributed by atoms with Gasteiger partial charge in [-0.25, -0.2) is 14.6 Å². The van der Waals surface area contributed by atoms with Crippen LogP contribution in [0.2, 0.25) is 0 Å². The number of ether oxygens (including phenoxy) is 1. The fourth-order valence-electron chi connectivity index (χ4n) is 2.31. The standard InChI is InChI=1S/C16H12N2O4S/c1-8-14(23-7-18-8)6-21-13-4-10-12(5-11(13)17-3)22-9(2)15(10)16(19)20/h4-5,7H,6H2,1-2H3,(H,19,20). The quantitative estimate of drug-likeness (QED) is 0.721. The highest BCUT2D eigenvalue weighted by Crippen LogP contribution is 2.37. The van der Waals surface area contributed by atoms with Crippen molar-refractivity contribution in [1.82, 2.24) is 4.98 Å². The Balaban J connectivity index is 2.05. The van der Waals surface area contributed by atoms with E-state index in [2.05, 4.69) is 9.83 Å². The first-order valence-corrected chi connectivity index (χ1v) is 7.59. The monoisotopic (exact) mass is 328 g/mol. The molecule has 0 spiro atoms. The van der Waals surface area contributed by atoms with Gasteiger partial charge in [-0.15, -0.1) is 11.3 Å². The number of hydrogen-bond acceptors (Lipinski definition) is 5. The Labute approximate surface area is 135 Å². The van der Waals surface area contributed by atoms with E-state index < -0.39 is 5.97 Å². The molecule has 0 aliphatic carbocycles. The van der Waals surface area contributed by atoms with Crippen LogP contribution in [0.5, 0.6) is 5.75 Å². The Bertz CT molecular complexity index is 949. The van der Waals surface area contributed by atoms with Crippen molar-refractivity contribution in [2.24, 2.45) is 0 Å². The number of fused-ring (bicyclic) bond motifs is 1. The molecule has 1 aromatic carbocycles. The van der Waals surface area contributed by atoms with Crippen LogP contribution in [-0.2, 0) is 6.61 Å². The molecule has 2 heterocycles. The zero-order valence-corrected chi connectivity index (χ0v) is 13.2. The molecule has 3 rings (SSSR count). The zero-order chi connectivity index (χ0) is 16.6. The van der Waals surface area contributed by atoms with Crippen LogP contribution in [0.25, 0.3) is 15.8 Å². The summed E-state index contributed by atoms with van der Waals surface area (Å²) in [5, 5.41) is 9.75. The van der Waals surface area contributed by atoms with Gasteiger partial charge in [0.25, 0.3) is 0 Å². The highest BCUT2D eigenvalue weighted by Gasteiger charge is 2.20. The van der Waals surface area contributed by atoms with E-state index in [4.69, 9.17) is 15.7 Å². The van der Waals surface area contributed by atoms with Crippen LogP contribution in [-0.4, -0.2) is 16.1 Å². The molecule has 0 fully saturated rings. The molecule has 0 amide bonds. The molecule has 0 aliphatic heterocycles. The maximum Gasteiger partial charge on any atom is 0.339 e. The summed E-state index contributed by atoms with van der Waals surface area (Å²) in [7, 11) is 0. The summed E-state index contributed by atoms with van der Waals surface area (Å²) < 4.78 is 11.2. The number of nitrogens with zero attached hydrogens (tertiary/aromatic N) is 2. The maximum atomic E-state index is 11.4. The highest BCUT2D eigenvalue weighted by molar-refractivity contribution is 7.09. The van der Waals surface area contributed by atoms with Crippen molar-refractivity contribution < 1.29 is 19.1 Å². The lowest BCUT2D eigenvalue weighted by molar-refractivity contribution is 0.0697. The van der Waals surface area contributed by atoms with Crippen molar-refractivity contribution in [3.05, 3.63) is 51.0 Å². The number of rotatable bonds is 4. The summed E-state index contributed by atoms with van der Waals surface area (Å²) in [4.78, 5) is 19.9. The number of carboxylic acids is 1. The van der Waals surface area contributed by atoms with Crippen LogP contribution >= 0.6 is 11.3 Å². The topological polar surface area (TPSA) is 76.9 Å². The van der Waals surface area contributed by atoms with Crippen LogP contribution in [0.4, 0.5) is 5.69 Å². The number of carbonyl (C=O) groups is 1. The summed E-state index contributed by atoms with van der Waals surface area (Å²) in [6.07, 6.45) is 0. The minimum Gasteiger partial charge on any atom is -0.499 e. The van der Waals surface area contributed by atoms with Crippen molar-refractivity contribution in [3.8, 4) is 5.75 Å². The van der Waals surface area contributed by atoms with E-state index in [9.17, 15) is 9.90 Å². The van der Waals surface area contributed by atoms with Crippen LogP contribution < -0.4 is 4.74 Å². The third-order valence-corrected chi connectivity index (χ3v) is 4.39. The normalized spacial score (nSPS) is 10.7. The van der Waals surface area contributed by atoms with Gasteiger partial charge in [0.05, 0.1) is 22.7 Å². The number of aromatic nitrogens is 1. The van der Waals surface area contributed by atoms with E-state index >= 15 is 0 Å². The smallest absolute Gasteiger partial charge is 0.339 e. The minimum absolute atomic E-state index is 0.0929. The van der Waals surface area contributed by atoms with Crippen LogP contribution in [0, 0.1) is 20.4 Å². The number of thiazole rings is 1. The van der Waals surface area contributed by atoms with Crippen LogP contribution in [0.15, 0.2) is 22.1 Å². The lowest BCUT2D eigenvalue weighted by Gasteiger charge is -2.07. The summed E-state index contributed by atoms with van der Waals surface area (Å²) >= 11 is 1.47. The number of benzene rings is 1. The molecule has 0 saturated heterocycles. The fourth-order valence-corrected chi connectivity index (χ4v) is 3.00. The van der Waals surface area contributed by atoms with Crippen molar-refractivity contribution in [3.63, 3.8) is 0 Å². The van der Waals surface area contributed by atoms with Gasteiger partial charge < -0.3 is 14.3 Å². The number of carboxylic acid groups (broad SMARTS) is 1. The first-order chi connectivity index (χ1) is 11.0. The van der Waals surface area contributed by atoms with E-state index in [1.165, 1.54) is 17.4 Å². The Morgan fingerprint density at radius 2 is 2.26 bits per heavy atom. The number of aromatic carboxylic acids is 1. The summed E-state index contributed by atoms with van der Waals surface area (Å²) in [6, 6.07) is 3.07. The lowest BCUT2D eigenvalue weighted by Crippen LogP contribution is -1.98. The minimum atomic E-state index is -1.07. The van der Waals surface area contributed by atoms with E-state index in [1.54, 1.807) is 18.5 Å². The molecule has 0 aliphatic rings. The third kappa shape index (κ3) is 2.64. The molecule has 23 heavy (non-hydrogen) atoms. The summed E-state index contributed by atoms with van der Waals surface area (Å²) in [5.41, 5.74) is 3.35. The van der Waals surface area contributed by atoms with Crippen molar-refractivity contribution >= 4 is 34.0 Å². The molecule has 0 atom stereocenters. The highest BCUT2D eigenvalue weighted by atomic mass is 32.1. The fraction of sp³-hybridized carbons (Fsp3) is 0.188. The van der Waals surface area contributed by atoms with Gasteiger partial charge >= 0.3 is 5.97 Å². The lowest BCUT2D eigenvalue weighted by atomic mass is 10.1. The molecular formula is C16H12N2O4S. The number of furan rings is 1. The second kappa shape index (κ2) is 5.74. The van der Waals surface area contributed by atoms with Gasteiger partial charge in [-0.3, -0.25) is 0 Å². The Hall–Kier alpha value is -2.85. The van der Waals surface area contributed by atoms with Crippen LogP contribution in [0.1, 0.15) is 26.7 Å². The predicted octanol–water partition coefficient (Wildman–Crippen LogP) is 4.33. The van der Waals surface area contributed by atoms with Gasteiger partial charge in [-0.1, -0.05) is 0 Å². The summed E-state index contributed by atoms with van der Waals surface area (Å²) in [6.45, 7) is 11.0. The van der Waals surface area contributed by atoms with Gasteiger partial charge in [0.15, 0.2) is 0 Å². The van der Waals surface area contributed by atoms with E-state index in [-0.39, 0.29) is 17.9 Å². The Morgan fingerprint density at radius 3 is 2.87 bits per heavy atom. The second-order valence-corrected chi connectivity index (χ2v) is 5.86. The molecular weight excluding hydrogens is 316 g/mol. The first kappa shape index (κ1) is 15.1.